The fraction of sp³-hybridized carbons (Fsp3) is 0.333. The lowest BCUT2D eigenvalue weighted by Crippen LogP contribution is -2.47. The molecule has 1 saturated heterocycles. The Morgan fingerprint density at radius 2 is 2.24 bits per heavy atom. The summed E-state index contributed by atoms with van der Waals surface area (Å²) in [5.74, 6) is -0.263. The predicted octanol–water partition coefficient (Wildman–Crippen LogP) is 3.55. The van der Waals surface area contributed by atoms with Gasteiger partial charge < -0.3 is 19.7 Å². The van der Waals surface area contributed by atoms with Crippen molar-refractivity contribution in [1.29, 1.82) is 0 Å². The van der Waals surface area contributed by atoms with Gasteiger partial charge in [-0.3, -0.25) is 5.10 Å². The lowest BCUT2D eigenvalue weighted by atomic mass is 10.1. The molecular weight excluding hydrogens is 375 g/mol. The molecule has 29 heavy (non-hydrogen) atoms. The molecule has 2 amide bonds. The molecule has 0 radical (unpaired) electrons. The summed E-state index contributed by atoms with van der Waals surface area (Å²) in [5, 5.41) is 11.0. The van der Waals surface area contributed by atoms with Crippen molar-refractivity contribution in [1.82, 2.24) is 20.4 Å². The topological polar surface area (TPSA) is 79.5 Å². The van der Waals surface area contributed by atoms with Crippen LogP contribution in [0, 0.1) is 5.82 Å². The van der Waals surface area contributed by atoms with Crippen LogP contribution < -0.4 is 10.1 Å². The maximum Gasteiger partial charge on any atom is 0.318 e. The molecule has 1 aliphatic rings. The highest BCUT2D eigenvalue weighted by Crippen LogP contribution is 2.27. The quantitative estimate of drug-likeness (QED) is 0.704. The minimum atomic E-state index is -0.426. The van der Waals surface area contributed by atoms with Crippen molar-refractivity contribution in [2.75, 3.05) is 26.8 Å². The second-order valence-electron chi connectivity index (χ2n) is 7.09. The monoisotopic (exact) mass is 398 g/mol. The van der Waals surface area contributed by atoms with E-state index >= 15 is 0 Å². The van der Waals surface area contributed by atoms with Gasteiger partial charge in [-0.05, 0) is 42.3 Å². The number of halogens is 1. The van der Waals surface area contributed by atoms with Crippen molar-refractivity contribution in [2.45, 2.75) is 19.1 Å². The Morgan fingerprint density at radius 1 is 1.38 bits per heavy atom. The molecule has 2 N–H and O–H groups in total. The van der Waals surface area contributed by atoms with E-state index in [2.05, 4.69) is 15.5 Å². The average molecular weight is 398 g/mol. The number of ether oxygens (including phenoxy) is 2. The van der Waals surface area contributed by atoms with Crippen molar-refractivity contribution < 1.29 is 18.7 Å². The third kappa shape index (κ3) is 4.02. The van der Waals surface area contributed by atoms with Crippen LogP contribution in [0.2, 0.25) is 0 Å². The Bertz CT molecular complexity index is 1020. The predicted molar refractivity (Wildman–Crippen MR) is 106 cm³/mol. The SMILES string of the molecule is COc1cc(C2CN(C(=O)NC(C)c3ccc4[nH]ncc4c3)CCO2)ccc1F. The molecule has 1 aromatic heterocycles. The highest BCUT2D eigenvalue weighted by Gasteiger charge is 2.27. The molecule has 0 aliphatic carbocycles. The van der Waals surface area contributed by atoms with E-state index < -0.39 is 5.82 Å². The smallest absolute Gasteiger partial charge is 0.318 e. The van der Waals surface area contributed by atoms with Crippen molar-refractivity contribution in [3.63, 3.8) is 0 Å². The minimum Gasteiger partial charge on any atom is -0.494 e. The number of amides is 2. The van der Waals surface area contributed by atoms with E-state index in [1.165, 1.54) is 13.2 Å². The Balaban J connectivity index is 1.43. The van der Waals surface area contributed by atoms with Gasteiger partial charge in [-0.2, -0.15) is 5.10 Å². The van der Waals surface area contributed by atoms with Crippen LogP contribution >= 0.6 is 0 Å². The van der Waals surface area contributed by atoms with Gasteiger partial charge in [0.05, 0.1) is 38.0 Å². The average Bonchev–Trinajstić information content (AvgIpc) is 3.22. The van der Waals surface area contributed by atoms with Crippen LogP contribution in [0.3, 0.4) is 0 Å². The first kappa shape index (κ1) is 19.2. The highest BCUT2D eigenvalue weighted by molar-refractivity contribution is 5.79. The van der Waals surface area contributed by atoms with Gasteiger partial charge in [0, 0.05) is 11.9 Å². The summed E-state index contributed by atoms with van der Waals surface area (Å²) in [6.45, 7) is 3.23. The number of methoxy groups -OCH3 is 1. The number of hydrogen-bond acceptors (Lipinski definition) is 4. The van der Waals surface area contributed by atoms with Gasteiger partial charge >= 0.3 is 6.03 Å². The Hall–Kier alpha value is -3.13. The zero-order valence-electron chi connectivity index (χ0n) is 16.3. The fourth-order valence-corrected chi connectivity index (χ4v) is 3.50. The first-order valence-electron chi connectivity index (χ1n) is 9.48. The number of aromatic amines is 1. The second-order valence-corrected chi connectivity index (χ2v) is 7.09. The zero-order valence-corrected chi connectivity index (χ0v) is 16.3. The van der Waals surface area contributed by atoms with E-state index in [0.29, 0.717) is 19.7 Å². The van der Waals surface area contributed by atoms with Crippen LogP contribution in [0.25, 0.3) is 10.9 Å². The molecule has 2 atom stereocenters. The van der Waals surface area contributed by atoms with Crippen LogP contribution in [-0.4, -0.2) is 47.9 Å². The number of benzene rings is 2. The molecule has 1 fully saturated rings. The fourth-order valence-electron chi connectivity index (χ4n) is 3.50. The van der Waals surface area contributed by atoms with Gasteiger partial charge in [0.2, 0.25) is 0 Å². The van der Waals surface area contributed by atoms with Crippen molar-refractivity contribution in [3.05, 3.63) is 59.5 Å². The number of carbonyl (C=O) groups is 1. The number of nitrogens with zero attached hydrogens (tertiary/aromatic N) is 2. The van der Waals surface area contributed by atoms with Crippen LogP contribution in [0.5, 0.6) is 5.75 Å². The number of rotatable bonds is 4. The van der Waals surface area contributed by atoms with Gasteiger partial charge in [-0.1, -0.05) is 12.1 Å². The van der Waals surface area contributed by atoms with Crippen LogP contribution in [0.1, 0.15) is 30.2 Å². The van der Waals surface area contributed by atoms with Crippen LogP contribution in [0.15, 0.2) is 42.6 Å². The summed E-state index contributed by atoms with van der Waals surface area (Å²) < 4.78 is 24.5. The van der Waals surface area contributed by atoms with Gasteiger partial charge in [-0.25, -0.2) is 9.18 Å². The van der Waals surface area contributed by atoms with E-state index in [9.17, 15) is 9.18 Å². The van der Waals surface area contributed by atoms with Gasteiger partial charge in [0.15, 0.2) is 11.6 Å². The third-order valence-corrected chi connectivity index (χ3v) is 5.20. The van der Waals surface area contributed by atoms with Gasteiger partial charge in [-0.15, -0.1) is 0 Å². The lowest BCUT2D eigenvalue weighted by molar-refractivity contribution is -0.0158. The molecule has 2 heterocycles. The normalized spacial score (nSPS) is 17.9. The number of urea groups is 1. The zero-order chi connectivity index (χ0) is 20.4. The minimum absolute atomic E-state index is 0.158. The first-order valence-corrected chi connectivity index (χ1v) is 9.48. The number of fused-ring (bicyclic) bond motifs is 1. The highest BCUT2D eigenvalue weighted by atomic mass is 19.1. The second kappa shape index (κ2) is 8.08. The maximum atomic E-state index is 13.7. The van der Waals surface area contributed by atoms with Crippen molar-refractivity contribution in [2.24, 2.45) is 0 Å². The Kier molecular flexibility index (Phi) is 5.35. The van der Waals surface area contributed by atoms with Gasteiger partial charge in [0.25, 0.3) is 0 Å². The largest absolute Gasteiger partial charge is 0.494 e. The lowest BCUT2D eigenvalue weighted by Gasteiger charge is -2.34. The Labute approximate surface area is 167 Å². The van der Waals surface area contributed by atoms with Crippen LogP contribution in [-0.2, 0) is 4.74 Å². The van der Waals surface area contributed by atoms with E-state index in [1.807, 2.05) is 25.1 Å². The molecule has 0 bridgehead atoms. The van der Waals surface area contributed by atoms with Crippen molar-refractivity contribution >= 4 is 16.9 Å². The van der Waals surface area contributed by atoms with E-state index in [4.69, 9.17) is 9.47 Å². The molecule has 1 aliphatic heterocycles. The molecule has 2 aromatic carbocycles. The number of H-pyrrole nitrogens is 1. The number of nitrogens with one attached hydrogen (secondary N) is 2. The summed E-state index contributed by atoms with van der Waals surface area (Å²) in [5.41, 5.74) is 2.73. The first-order chi connectivity index (χ1) is 14.0. The maximum absolute atomic E-state index is 13.7. The van der Waals surface area contributed by atoms with E-state index in [0.717, 1.165) is 22.0 Å². The molecule has 2 unspecified atom stereocenters. The van der Waals surface area contributed by atoms with E-state index in [1.54, 1.807) is 23.2 Å². The number of morpholine rings is 1. The molecule has 3 aromatic rings. The number of aromatic nitrogens is 2. The summed E-state index contributed by atoms with van der Waals surface area (Å²) >= 11 is 0. The van der Waals surface area contributed by atoms with E-state index in [-0.39, 0.29) is 23.9 Å². The van der Waals surface area contributed by atoms with Crippen molar-refractivity contribution in [3.8, 4) is 5.75 Å². The number of carbonyl (C=O) groups excluding carboxylic acids is 1. The van der Waals surface area contributed by atoms with Gasteiger partial charge in [0.1, 0.15) is 6.10 Å². The third-order valence-electron chi connectivity index (χ3n) is 5.20. The molecule has 0 saturated carbocycles. The summed E-state index contributed by atoms with van der Waals surface area (Å²) in [7, 11) is 1.42. The summed E-state index contributed by atoms with van der Waals surface area (Å²) in [4.78, 5) is 14.5. The Morgan fingerprint density at radius 3 is 3.07 bits per heavy atom. The van der Waals surface area contributed by atoms with Crippen LogP contribution in [0.4, 0.5) is 9.18 Å². The molecular formula is C21H23FN4O3. The molecule has 152 valence electrons. The molecule has 0 spiro atoms. The number of hydrogen-bond donors (Lipinski definition) is 2. The summed E-state index contributed by atoms with van der Waals surface area (Å²) in [6, 6.07) is 10.2. The summed E-state index contributed by atoms with van der Waals surface area (Å²) in [6.07, 6.45) is 1.43. The molecule has 8 heteroatoms. The molecule has 4 rings (SSSR count). The molecule has 7 nitrogen and oxygen atoms in total. The standard InChI is InChI=1S/C21H23FN4O3/c1-13(14-4-6-18-16(9-14)11-23-25-18)24-21(27)26-7-8-29-20(12-26)15-3-5-17(22)19(10-15)28-2/h3-6,9-11,13,20H,7-8,12H2,1-2H3,(H,23,25)(H,24,27).